The normalized spacial score (nSPS) is 14.0. The molecule has 1 unspecified atom stereocenters. The zero-order valence-corrected chi connectivity index (χ0v) is 12.7. The molecule has 0 fully saturated rings. The molecule has 0 spiro atoms. The number of hydrogen-bond donors (Lipinski definition) is 1. The minimum Gasteiger partial charge on any atom is -0.322 e. The van der Waals surface area contributed by atoms with Gasteiger partial charge >= 0.3 is 0 Å². The second-order valence-corrected chi connectivity index (χ2v) is 5.47. The van der Waals surface area contributed by atoms with Crippen LogP contribution in [0.4, 0.5) is 0 Å². The minimum absolute atomic E-state index is 0.0402. The van der Waals surface area contributed by atoms with E-state index in [1.54, 1.807) is 0 Å². The van der Waals surface area contributed by atoms with Gasteiger partial charge < -0.3 is 10.6 Å². The third kappa shape index (κ3) is 2.45. The molecule has 1 aromatic carbocycles. The quantitative estimate of drug-likeness (QED) is 0.865. The number of aryl methyl sites for hydroxylation is 1. The van der Waals surface area contributed by atoms with Gasteiger partial charge in [-0.2, -0.15) is 0 Å². The van der Waals surface area contributed by atoms with Gasteiger partial charge in [-0.3, -0.25) is 0 Å². The first-order chi connectivity index (χ1) is 8.40. The van der Waals surface area contributed by atoms with Crippen molar-refractivity contribution in [3.8, 4) is 0 Å². The summed E-state index contributed by atoms with van der Waals surface area (Å²) in [6.45, 7) is 8.79. The smallest absolute Gasteiger partial charge is 0.0484 e. The lowest BCUT2D eigenvalue weighted by Gasteiger charge is -2.44. The van der Waals surface area contributed by atoms with E-state index >= 15 is 0 Å². The van der Waals surface area contributed by atoms with E-state index in [9.17, 15) is 0 Å². The van der Waals surface area contributed by atoms with Gasteiger partial charge in [-0.15, -0.1) is 0 Å². The van der Waals surface area contributed by atoms with Crippen LogP contribution in [0.1, 0.15) is 49.4 Å². The lowest BCUT2D eigenvalue weighted by Crippen LogP contribution is -2.51. The number of rotatable bonds is 5. The van der Waals surface area contributed by atoms with Crippen molar-refractivity contribution < 1.29 is 0 Å². The van der Waals surface area contributed by atoms with Crippen LogP contribution in [-0.2, 0) is 0 Å². The van der Waals surface area contributed by atoms with Crippen molar-refractivity contribution in [3.05, 3.63) is 34.9 Å². The van der Waals surface area contributed by atoms with E-state index in [-0.39, 0.29) is 11.6 Å². The average Bonchev–Trinajstić information content (AvgIpc) is 2.34. The topological polar surface area (TPSA) is 29.3 Å². The highest BCUT2D eigenvalue weighted by Crippen LogP contribution is 2.35. The molecule has 0 aliphatic carbocycles. The summed E-state index contributed by atoms with van der Waals surface area (Å²) in [4.78, 5) is 2.29. The molecule has 0 saturated heterocycles. The fraction of sp³-hybridized carbons (Fsp3) is 0.625. The van der Waals surface area contributed by atoms with Crippen LogP contribution in [0.2, 0.25) is 0 Å². The molecule has 0 radical (unpaired) electrons. The Morgan fingerprint density at radius 1 is 1.17 bits per heavy atom. The first kappa shape index (κ1) is 15.2. The molecular formula is C16H28N2. The first-order valence-electron chi connectivity index (χ1n) is 6.89. The van der Waals surface area contributed by atoms with Gasteiger partial charge in [-0.05, 0) is 57.5 Å². The van der Waals surface area contributed by atoms with E-state index in [0.717, 1.165) is 12.8 Å². The van der Waals surface area contributed by atoms with Gasteiger partial charge in [0.25, 0.3) is 0 Å². The van der Waals surface area contributed by atoms with Crippen LogP contribution >= 0.6 is 0 Å². The molecule has 0 aliphatic rings. The van der Waals surface area contributed by atoms with Crippen LogP contribution in [0.15, 0.2) is 18.2 Å². The van der Waals surface area contributed by atoms with Crippen LogP contribution in [0.5, 0.6) is 0 Å². The fourth-order valence-corrected chi connectivity index (χ4v) is 3.00. The van der Waals surface area contributed by atoms with E-state index < -0.39 is 0 Å². The molecular weight excluding hydrogens is 220 g/mol. The molecule has 0 saturated carbocycles. The number of nitrogens with two attached hydrogens (primary N) is 1. The summed E-state index contributed by atoms with van der Waals surface area (Å²) in [5.74, 6) is 0. The molecule has 0 aliphatic heterocycles. The van der Waals surface area contributed by atoms with Crippen LogP contribution in [-0.4, -0.2) is 24.5 Å². The molecule has 0 aromatic heterocycles. The van der Waals surface area contributed by atoms with Gasteiger partial charge in [-0.1, -0.05) is 32.0 Å². The van der Waals surface area contributed by atoms with Gasteiger partial charge in [0.05, 0.1) is 0 Å². The van der Waals surface area contributed by atoms with Crippen LogP contribution in [0, 0.1) is 13.8 Å². The van der Waals surface area contributed by atoms with Gasteiger partial charge in [0, 0.05) is 11.6 Å². The maximum atomic E-state index is 6.62. The van der Waals surface area contributed by atoms with Crippen LogP contribution in [0.25, 0.3) is 0 Å². The van der Waals surface area contributed by atoms with Crippen molar-refractivity contribution in [2.75, 3.05) is 14.1 Å². The maximum Gasteiger partial charge on any atom is 0.0484 e. The molecule has 2 heteroatoms. The Morgan fingerprint density at radius 2 is 1.72 bits per heavy atom. The van der Waals surface area contributed by atoms with Gasteiger partial charge in [0.1, 0.15) is 0 Å². The highest BCUT2D eigenvalue weighted by atomic mass is 15.2. The predicted octanol–water partition coefficient (Wildman–Crippen LogP) is 3.42. The molecule has 102 valence electrons. The van der Waals surface area contributed by atoms with Gasteiger partial charge in [-0.25, -0.2) is 0 Å². The highest BCUT2D eigenvalue weighted by Gasteiger charge is 2.37. The Bertz CT molecular complexity index is 392. The SMILES string of the molecule is CCC(CC)(C(N)c1cccc(C)c1C)N(C)C. The van der Waals surface area contributed by atoms with Crippen molar-refractivity contribution in [1.29, 1.82) is 0 Å². The van der Waals surface area contributed by atoms with E-state index in [0.29, 0.717) is 0 Å². The number of hydrogen-bond acceptors (Lipinski definition) is 2. The zero-order chi connectivity index (χ0) is 13.9. The summed E-state index contributed by atoms with van der Waals surface area (Å²) >= 11 is 0. The Kier molecular flexibility index (Phi) is 4.94. The van der Waals surface area contributed by atoms with Crippen LogP contribution in [0.3, 0.4) is 0 Å². The van der Waals surface area contributed by atoms with E-state index in [4.69, 9.17) is 5.73 Å². The monoisotopic (exact) mass is 248 g/mol. The van der Waals surface area contributed by atoms with Crippen molar-refractivity contribution in [3.63, 3.8) is 0 Å². The van der Waals surface area contributed by atoms with Crippen molar-refractivity contribution in [2.45, 2.75) is 52.1 Å². The molecule has 2 nitrogen and oxygen atoms in total. The van der Waals surface area contributed by atoms with Gasteiger partial charge in [0.15, 0.2) is 0 Å². The second kappa shape index (κ2) is 5.85. The minimum atomic E-state index is 0.0402. The molecule has 0 bridgehead atoms. The van der Waals surface area contributed by atoms with Gasteiger partial charge in [0.2, 0.25) is 0 Å². The Balaban J connectivity index is 3.26. The molecule has 18 heavy (non-hydrogen) atoms. The summed E-state index contributed by atoms with van der Waals surface area (Å²) in [5.41, 5.74) is 10.6. The number of benzene rings is 1. The van der Waals surface area contributed by atoms with E-state index in [1.165, 1.54) is 16.7 Å². The summed E-state index contributed by atoms with van der Waals surface area (Å²) < 4.78 is 0. The Hall–Kier alpha value is -0.860. The van der Waals surface area contributed by atoms with Crippen molar-refractivity contribution in [2.24, 2.45) is 5.73 Å². The zero-order valence-electron chi connectivity index (χ0n) is 12.7. The van der Waals surface area contributed by atoms with Crippen molar-refractivity contribution in [1.82, 2.24) is 4.90 Å². The fourth-order valence-electron chi connectivity index (χ4n) is 3.00. The average molecular weight is 248 g/mol. The lowest BCUT2D eigenvalue weighted by atomic mass is 9.78. The lowest BCUT2D eigenvalue weighted by molar-refractivity contribution is 0.105. The second-order valence-electron chi connectivity index (χ2n) is 5.47. The highest BCUT2D eigenvalue weighted by molar-refractivity contribution is 5.37. The molecule has 0 amide bonds. The third-order valence-corrected chi connectivity index (χ3v) is 4.68. The Morgan fingerprint density at radius 3 is 2.17 bits per heavy atom. The molecule has 1 rings (SSSR count). The predicted molar refractivity (Wildman–Crippen MR) is 79.8 cm³/mol. The summed E-state index contributed by atoms with van der Waals surface area (Å²) in [6, 6.07) is 6.50. The third-order valence-electron chi connectivity index (χ3n) is 4.68. The molecule has 2 N–H and O–H groups in total. The summed E-state index contributed by atoms with van der Waals surface area (Å²) in [7, 11) is 4.27. The standard InChI is InChI=1S/C16H28N2/c1-7-16(8-2,18(5)6)15(17)14-11-9-10-12(3)13(14)4/h9-11,15H,7-8,17H2,1-6H3. The maximum absolute atomic E-state index is 6.62. The molecule has 0 heterocycles. The largest absolute Gasteiger partial charge is 0.322 e. The Labute approximate surface area is 112 Å². The summed E-state index contributed by atoms with van der Waals surface area (Å²) in [6.07, 6.45) is 2.12. The van der Waals surface area contributed by atoms with E-state index in [1.807, 2.05) is 0 Å². The molecule has 1 atom stereocenters. The first-order valence-corrected chi connectivity index (χ1v) is 6.89. The molecule has 1 aromatic rings. The van der Waals surface area contributed by atoms with E-state index in [2.05, 4.69) is 64.9 Å². The number of likely N-dealkylation sites (N-methyl/N-ethyl adjacent to an activating group) is 1. The number of nitrogens with zero attached hydrogens (tertiary/aromatic N) is 1. The summed E-state index contributed by atoms with van der Waals surface area (Å²) in [5, 5.41) is 0. The van der Waals surface area contributed by atoms with Crippen LogP contribution < -0.4 is 5.73 Å². The van der Waals surface area contributed by atoms with Crippen molar-refractivity contribution >= 4 is 0 Å².